The van der Waals surface area contributed by atoms with Gasteiger partial charge in [0.25, 0.3) is 0 Å². The highest BCUT2D eigenvalue weighted by atomic mass is 32.1. The quantitative estimate of drug-likeness (QED) is 0.808. The van der Waals surface area contributed by atoms with Gasteiger partial charge in [-0.25, -0.2) is 9.97 Å². The smallest absolute Gasteiger partial charge is 0.186 e. The van der Waals surface area contributed by atoms with Crippen molar-refractivity contribution < 1.29 is 4.74 Å². The van der Waals surface area contributed by atoms with Gasteiger partial charge >= 0.3 is 0 Å². The van der Waals surface area contributed by atoms with Crippen LogP contribution >= 0.6 is 22.7 Å². The number of aromatic nitrogens is 2. The zero-order valence-electron chi connectivity index (χ0n) is 13.0. The summed E-state index contributed by atoms with van der Waals surface area (Å²) in [5.41, 5.74) is 2.12. The molecule has 21 heavy (non-hydrogen) atoms. The third kappa shape index (κ3) is 4.47. The van der Waals surface area contributed by atoms with Crippen molar-refractivity contribution in [2.75, 3.05) is 25.6 Å². The molecule has 2 aromatic heterocycles. The Bertz CT molecular complexity index is 567. The third-order valence-electron chi connectivity index (χ3n) is 2.98. The molecule has 0 aliphatic rings. The van der Waals surface area contributed by atoms with Gasteiger partial charge in [-0.05, 0) is 13.5 Å². The maximum atomic E-state index is 5.25. The Balaban J connectivity index is 2.10. The van der Waals surface area contributed by atoms with E-state index in [4.69, 9.17) is 9.72 Å². The lowest BCUT2D eigenvalue weighted by Gasteiger charge is -2.13. The molecule has 116 valence electrons. The Morgan fingerprint density at radius 2 is 2.19 bits per heavy atom. The number of hydrogen-bond donors (Lipinski definition) is 1. The van der Waals surface area contributed by atoms with Crippen molar-refractivity contribution in [1.82, 2.24) is 15.3 Å². The molecule has 0 amide bonds. The number of nitrogens with zero attached hydrogens (tertiary/aromatic N) is 3. The van der Waals surface area contributed by atoms with E-state index in [0.29, 0.717) is 6.61 Å². The average molecular weight is 326 g/mol. The molecular formula is C14H22N4OS2. The van der Waals surface area contributed by atoms with E-state index in [1.807, 2.05) is 6.92 Å². The molecule has 0 aromatic carbocycles. The number of anilines is 1. The molecule has 2 aromatic rings. The first kappa shape index (κ1) is 16.4. The van der Waals surface area contributed by atoms with Crippen LogP contribution in [0.3, 0.4) is 0 Å². The summed E-state index contributed by atoms with van der Waals surface area (Å²) < 4.78 is 5.25. The van der Waals surface area contributed by atoms with Crippen LogP contribution in [0.15, 0.2) is 5.38 Å². The summed E-state index contributed by atoms with van der Waals surface area (Å²) in [6.45, 7) is 7.27. The molecule has 7 heteroatoms. The summed E-state index contributed by atoms with van der Waals surface area (Å²) in [5, 5.41) is 7.58. The molecule has 2 rings (SSSR count). The van der Waals surface area contributed by atoms with Crippen molar-refractivity contribution >= 4 is 27.8 Å². The monoisotopic (exact) mass is 326 g/mol. The van der Waals surface area contributed by atoms with Crippen molar-refractivity contribution in [3.63, 3.8) is 0 Å². The highest BCUT2D eigenvalue weighted by molar-refractivity contribution is 7.15. The number of thiazole rings is 2. The van der Waals surface area contributed by atoms with Gasteiger partial charge in [0.2, 0.25) is 0 Å². The van der Waals surface area contributed by atoms with Crippen LogP contribution in [0.25, 0.3) is 0 Å². The summed E-state index contributed by atoms with van der Waals surface area (Å²) in [5.74, 6) is 0. The molecule has 0 spiro atoms. The maximum Gasteiger partial charge on any atom is 0.186 e. The molecular weight excluding hydrogens is 304 g/mol. The van der Waals surface area contributed by atoms with Crippen LogP contribution in [-0.4, -0.2) is 30.7 Å². The minimum atomic E-state index is 0.556. The van der Waals surface area contributed by atoms with Crippen LogP contribution in [0, 0.1) is 6.92 Å². The second-order valence-electron chi connectivity index (χ2n) is 4.79. The number of hydrogen-bond acceptors (Lipinski definition) is 7. The maximum absolute atomic E-state index is 5.25. The van der Waals surface area contributed by atoms with E-state index in [1.165, 1.54) is 4.88 Å². The van der Waals surface area contributed by atoms with Crippen LogP contribution in [-0.2, 0) is 24.4 Å². The second kappa shape index (κ2) is 7.84. The number of aryl methyl sites for hydroxylation is 1. The lowest BCUT2D eigenvalue weighted by Crippen LogP contribution is -2.16. The van der Waals surface area contributed by atoms with Crippen molar-refractivity contribution in [2.45, 2.75) is 33.5 Å². The number of rotatable bonds is 8. The van der Waals surface area contributed by atoms with Crippen LogP contribution in [0.1, 0.15) is 28.2 Å². The summed E-state index contributed by atoms with van der Waals surface area (Å²) in [4.78, 5) is 12.6. The zero-order chi connectivity index (χ0) is 15.2. The van der Waals surface area contributed by atoms with Gasteiger partial charge < -0.3 is 15.0 Å². The van der Waals surface area contributed by atoms with Crippen LogP contribution in [0.5, 0.6) is 0 Å². The lowest BCUT2D eigenvalue weighted by atomic mass is 10.3. The highest BCUT2D eigenvalue weighted by Gasteiger charge is 2.14. The summed E-state index contributed by atoms with van der Waals surface area (Å²) in [6, 6.07) is 0. The summed E-state index contributed by atoms with van der Waals surface area (Å²) in [7, 11) is 3.76. The SMILES string of the molecule is CCNCc1sc(N(C)Cc2csc(C)n2)nc1COC. The van der Waals surface area contributed by atoms with Gasteiger partial charge in [-0.2, -0.15) is 0 Å². The molecule has 0 saturated carbocycles. The van der Waals surface area contributed by atoms with E-state index in [-0.39, 0.29) is 0 Å². The van der Waals surface area contributed by atoms with E-state index < -0.39 is 0 Å². The fourth-order valence-electron chi connectivity index (χ4n) is 1.95. The molecule has 0 bridgehead atoms. The normalized spacial score (nSPS) is 11.0. The summed E-state index contributed by atoms with van der Waals surface area (Å²) >= 11 is 3.41. The Morgan fingerprint density at radius 1 is 1.38 bits per heavy atom. The number of ether oxygens (including phenoxy) is 1. The fourth-order valence-corrected chi connectivity index (χ4v) is 3.55. The second-order valence-corrected chi connectivity index (χ2v) is 6.92. The Hall–Kier alpha value is -1.02. The first-order valence-electron chi connectivity index (χ1n) is 6.94. The van der Waals surface area contributed by atoms with E-state index in [0.717, 1.165) is 41.2 Å². The minimum absolute atomic E-state index is 0.556. The van der Waals surface area contributed by atoms with E-state index in [9.17, 15) is 0 Å². The first-order chi connectivity index (χ1) is 10.1. The Labute approximate surface area is 134 Å². The molecule has 0 unspecified atom stereocenters. The van der Waals surface area contributed by atoms with Crippen LogP contribution in [0.4, 0.5) is 5.13 Å². The molecule has 0 aliphatic carbocycles. The Morgan fingerprint density at radius 3 is 2.81 bits per heavy atom. The molecule has 0 atom stereocenters. The minimum Gasteiger partial charge on any atom is -0.378 e. The lowest BCUT2D eigenvalue weighted by molar-refractivity contribution is 0.181. The fraction of sp³-hybridized carbons (Fsp3) is 0.571. The Kier molecular flexibility index (Phi) is 6.10. The molecule has 1 N–H and O–H groups in total. The van der Waals surface area contributed by atoms with Crippen molar-refractivity contribution in [1.29, 1.82) is 0 Å². The average Bonchev–Trinajstić information content (AvgIpc) is 3.04. The van der Waals surface area contributed by atoms with Crippen molar-refractivity contribution in [3.8, 4) is 0 Å². The first-order valence-corrected chi connectivity index (χ1v) is 8.64. The van der Waals surface area contributed by atoms with E-state index in [2.05, 4.69) is 34.6 Å². The standard InChI is InChI=1S/C14H22N4OS2/c1-5-15-6-13-12(8-19-4)17-14(21-13)18(3)7-11-9-20-10(2)16-11/h9,15H,5-8H2,1-4H3. The van der Waals surface area contributed by atoms with Crippen molar-refractivity contribution in [2.24, 2.45) is 0 Å². The molecule has 0 radical (unpaired) electrons. The van der Waals surface area contributed by atoms with Gasteiger partial charge in [-0.1, -0.05) is 6.92 Å². The molecule has 5 nitrogen and oxygen atoms in total. The third-order valence-corrected chi connectivity index (χ3v) is 5.01. The largest absolute Gasteiger partial charge is 0.378 e. The number of nitrogens with one attached hydrogen (secondary N) is 1. The van der Waals surface area contributed by atoms with Crippen LogP contribution < -0.4 is 10.2 Å². The van der Waals surface area contributed by atoms with Crippen LogP contribution in [0.2, 0.25) is 0 Å². The molecule has 0 saturated heterocycles. The molecule has 0 aliphatic heterocycles. The predicted molar refractivity (Wildman–Crippen MR) is 89.2 cm³/mol. The van der Waals surface area contributed by atoms with Gasteiger partial charge in [0.1, 0.15) is 0 Å². The summed E-state index contributed by atoms with van der Waals surface area (Å²) in [6.07, 6.45) is 0. The molecule has 2 heterocycles. The van der Waals surface area contributed by atoms with Crippen molar-refractivity contribution in [3.05, 3.63) is 26.7 Å². The predicted octanol–water partition coefficient (Wildman–Crippen LogP) is 2.80. The topological polar surface area (TPSA) is 50.3 Å². The zero-order valence-corrected chi connectivity index (χ0v) is 14.6. The van der Waals surface area contributed by atoms with Gasteiger partial charge in [0.15, 0.2) is 5.13 Å². The highest BCUT2D eigenvalue weighted by Crippen LogP contribution is 2.27. The number of methoxy groups -OCH3 is 1. The molecule has 0 fully saturated rings. The van der Waals surface area contributed by atoms with E-state index >= 15 is 0 Å². The van der Waals surface area contributed by atoms with Gasteiger partial charge in [-0.15, -0.1) is 22.7 Å². The van der Waals surface area contributed by atoms with Gasteiger partial charge in [-0.3, -0.25) is 0 Å². The van der Waals surface area contributed by atoms with Gasteiger partial charge in [0.05, 0.1) is 29.5 Å². The van der Waals surface area contributed by atoms with Gasteiger partial charge in [0, 0.05) is 31.0 Å². The van der Waals surface area contributed by atoms with E-state index in [1.54, 1.807) is 29.8 Å².